The monoisotopic (exact) mass is 258 g/mol. The van der Waals surface area contributed by atoms with E-state index in [0.717, 1.165) is 18.3 Å². The van der Waals surface area contributed by atoms with Crippen LogP contribution in [0.4, 0.5) is 0 Å². The predicted octanol–water partition coefficient (Wildman–Crippen LogP) is 6.23. The number of fused-ring (bicyclic) bond motifs is 1. The van der Waals surface area contributed by atoms with E-state index in [0.29, 0.717) is 0 Å². The average molecular weight is 258 g/mol. The van der Waals surface area contributed by atoms with Gasteiger partial charge in [-0.1, -0.05) is 50.6 Å². The molecule has 2 rings (SSSR count). The predicted molar refractivity (Wildman–Crippen MR) is 87.2 cm³/mol. The lowest BCUT2D eigenvalue weighted by molar-refractivity contribution is 0.473. The maximum atomic E-state index is 3.81. The minimum atomic E-state index is 0.755. The van der Waals surface area contributed by atoms with Gasteiger partial charge in [-0.2, -0.15) is 0 Å². The second-order valence-corrected chi connectivity index (χ2v) is 5.51. The Kier molecular flexibility index (Phi) is 6.91. The molecule has 0 bridgehead atoms. The maximum absolute atomic E-state index is 3.81. The van der Waals surface area contributed by atoms with Gasteiger partial charge >= 0.3 is 0 Å². The number of hydrogen-bond acceptors (Lipinski definition) is 0. The average Bonchev–Trinajstić information content (AvgIpc) is 2.44. The molecule has 2 atom stereocenters. The SMILES string of the molecule is C=CCCCC1=C2C=CC(C)CC2CC=C1C.CC. The molecule has 19 heavy (non-hydrogen) atoms. The first-order chi connectivity index (χ1) is 9.22. The van der Waals surface area contributed by atoms with Crippen molar-refractivity contribution >= 4 is 0 Å². The fourth-order valence-electron chi connectivity index (χ4n) is 3.06. The molecule has 0 aromatic carbocycles. The van der Waals surface area contributed by atoms with Crippen LogP contribution in [0.3, 0.4) is 0 Å². The molecular formula is C19H30. The Bertz CT molecular complexity index is 379. The molecule has 0 nitrogen and oxygen atoms in total. The third kappa shape index (κ3) is 4.23. The van der Waals surface area contributed by atoms with Crippen molar-refractivity contribution in [2.75, 3.05) is 0 Å². The number of unbranched alkanes of at least 4 members (excludes halogenated alkanes) is 1. The summed E-state index contributed by atoms with van der Waals surface area (Å²) < 4.78 is 0. The highest BCUT2D eigenvalue weighted by atomic mass is 14.3. The van der Waals surface area contributed by atoms with E-state index in [2.05, 4.69) is 38.7 Å². The smallest absolute Gasteiger partial charge is 0.0119 e. The Morgan fingerprint density at radius 2 is 2.11 bits per heavy atom. The first kappa shape index (κ1) is 16.0. The van der Waals surface area contributed by atoms with Crippen LogP contribution in [-0.4, -0.2) is 0 Å². The van der Waals surface area contributed by atoms with Crippen LogP contribution >= 0.6 is 0 Å². The molecule has 2 aliphatic rings. The molecule has 0 saturated carbocycles. The largest absolute Gasteiger partial charge is 0.103 e. The topological polar surface area (TPSA) is 0 Å². The van der Waals surface area contributed by atoms with Gasteiger partial charge in [-0.05, 0) is 62.0 Å². The Morgan fingerprint density at radius 1 is 1.37 bits per heavy atom. The van der Waals surface area contributed by atoms with Gasteiger partial charge in [0.2, 0.25) is 0 Å². The lowest BCUT2D eigenvalue weighted by Gasteiger charge is -2.31. The molecule has 0 fully saturated rings. The first-order valence-electron chi connectivity index (χ1n) is 7.91. The normalized spacial score (nSPS) is 25.2. The molecule has 0 N–H and O–H groups in total. The number of rotatable bonds is 4. The summed E-state index contributed by atoms with van der Waals surface area (Å²) in [6.45, 7) is 12.4. The van der Waals surface area contributed by atoms with Gasteiger partial charge in [0.15, 0.2) is 0 Å². The van der Waals surface area contributed by atoms with Gasteiger partial charge in [0, 0.05) is 0 Å². The van der Waals surface area contributed by atoms with Crippen LogP contribution in [-0.2, 0) is 0 Å². The van der Waals surface area contributed by atoms with E-state index in [1.54, 1.807) is 11.1 Å². The summed E-state index contributed by atoms with van der Waals surface area (Å²) in [5, 5.41) is 0. The van der Waals surface area contributed by atoms with Crippen molar-refractivity contribution in [3.05, 3.63) is 47.6 Å². The number of allylic oxidation sites excluding steroid dienone is 7. The summed E-state index contributed by atoms with van der Waals surface area (Å²) in [5.41, 5.74) is 4.76. The van der Waals surface area contributed by atoms with E-state index in [9.17, 15) is 0 Å². The molecule has 0 aromatic rings. The van der Waals surface area contributed by atoms with Gasteiger partial charge in [-0.3, -0.25) is 0 Å². The zero-order chi connectivity index (χ0) is 14.3. The third-order valence-electron chi connectivity index (χ3n) is 4.07. The molecule has 0 aliphatic heterocycles. The summed E-state index contributed by atoms with van der Waals surface area (Å²) in [7, 11) is 0. The highest BCUT2D eigenvalue weighted by molar-refractivity contribution is 5.45. The van der Waals surface area contributed by atoms with E-state index in [1.807, 2.05) is 19.9 Å². The highest BCUT2D eigenvalue weighted by Gasteiger charge is 2.24. The molecular weight excluding hydrogens is 228 g/mol. The fraction of sp³-hybridized carbons (Fsp3) is 0.579. The lowest BCUT2D eigenvalue weighted by Crippen LogP contribution is -2.16. The van der Waals surface area contributed by atoms with Gasteiger partial charge in [-0.15, -0.1) is 6.58 Å². The Labute approximate surface area is 120 Å². The summed E-state index contributed by atoms with van der Waals surface area (Å²) in [6.07, 6.45) is 15.4. The van der Waals surface area contributed by atoms with E-state index in [4.69, 9.17) is 0 Å². The van der Waals surface area contributed by atoms with Crippen LogP contribution < -0.4 is 0 Å². The van der Waals surface area contributed by atoms with Gasteiger partial charge < -0.3 is 0 Å². The van der Waals surface area contributed by atoms with Crippen molar-refractivity contribution in [2.24, 2.45) is 11.8 Å². The fourth-order valence-corrected chi connectivity index (χ4v) is 3.06. The molecule has 0 saturated heterocycles. The van der Waals surface area contributed by atoms with Crippen molar-refractivity contribution in [2.45, 2.75) is 59.8 Å². The first-order valence-corrected chi connectivity index (χ1v) is 7.91. The molecule has 0 aromatic heterocycles. The zero-order valence-electron chi connectivity index (χ0n) is 13.2. The Morgan fingerprint density at radius 3 is 2.79 bits per heavy atom. The Hall–Kier alpha value is -1.04. The van der Waals surface area contributed by atoms with Crippen molar-refractivity contribution in [3.63, 3.8) is 0 Å². The molecule has 2 aliphatic carbocycles. The summed E-state index contributed by atoms with van der Waals surface area (Å²) in [4.78, 5) is 0. The van der Waals surface area contributed by atoms with Crippen LogP contribution in [0.1, 0.15) is 59.8 Å². The summed E-state index contributed by atoms with van der Waals surface area (Å²) in [6, 6.07) is 0. The standard InChI is InChI=1S/C17H24.C2H6/c1-4-5-6-7-16-14(3)9-10-15-12-13(2)8-11-17(15)16;1-2/h4,8-9,11,13,15H,1,5-7,10,12H2,2-3H3;1-2H3. The van der Waals surface area contributed by atoms with Crippen molar-refractivity contribution in [3.8, 4) is 0 Å². The van der Waals surface area contributed by atoms with Crippen LogP contribution in [0.25, 0.3) is 0 Å². The van der Waals surface area contributed by atoms with Crippen LogP contribution in [0.5, 0.6) is 0 Å². The van der Waals surface area contributed by atoms with E-state index < -0.39 is 0 Å². The quantitative estimate of drug-likeness (QED) is 0.414. The van der Waals surface area contributed by atoms with E-state index in [1.165, 1.54) is 31.3 Å². The maximum Gasteiger partial charge on any atom is -0.0119 e. The third-order valence-corrected chi connectivity index (χ3v) is 4.07. The summed E-state index contributed by atoms with van der Waals surface area (Å²) >= 11 is 0. The Balaban J connectivity index is 0.000000861. The molecule has 0 heteroatoms. The minimum Gasteiger partial charge on any atom is -0.103 e. The number of hydrogen-bond donors (Lipinski definition) is 0. The van der Waals surface area contributed by atoms with Gasteiger partial charge in [0.1, 0.15) is 0 Å². The van der Waals surface area contributed by atoms with Gasteiger partial charge in [0.25, 0.3) is 0 Å². The highest BCUT2D eigenvalue weighted by Crippen LogP contribution is 2.39. The van der Waals surface area contributed by atoms with E-state index in [-0.39, 0.29) is 0 Å². The molecule has 0 heterocycles. The summed E-state index contributed by atoms with van der Waals surface area (Å²) in [5.74, 6) is 1.54. The zero-order valence-corrected chi connectivity index (χ0v) is 13.2. The van der Waals surface area contributed by atoms with E-state index >= 15 is 0 Å². The van der Waals surface area contributed by atoms with Gasteiger partial charge in [0.05, 0.1) is 0 Å². The van der Waals surface area contributed by atoms with Crippen molar-refractivity contribution in [1.29, 1.82) is 0 Å². The molecule has 2 unspecified atom stereocenters. The molecule has 0 spiro atoms. The van der Waals surface area contributed by atoms with Crippen LogP contribution in [0.15, 0.2) is 47.6 Å². The van der Waals surface area contributed by atoms with Crippen LogP contribution in [0, 0.1) is 11.8 Å². The minimum absolute atomic E-state index is 0.755. The van der Waals surface area contributed by atoms with Gasteiger partial charge in [-0.25, -0.2) is 0 Å². The molecule has 0 radical (unpaired) electrons. The second kappa shape index (κ2) is 8.19. The van der Waals surface area contributed by atoms with Crippen molar-refractivity contribution < 1.29 is 0 Å². The lowest BCUT2D eigenvalue weighted by atomic mass is 9.74. The van der Waals surface area contributed by atoms with Crippen LogP contribution in [0.2, 0.25) is 0 Å². The molecule has 0 amide bonds. The second-order valence-electron chi connectivity index (χ2n) is 5.51. The van der Waals surface area contributed by atoms with Crippen molar-refractivity contribution in [1.82, 2.24) is 0 Å². The molecule has 106 valence electrons.